The molecule has 0 spiro atoms. The molecule has 3 aromatic carbocycles. The van der Waals surface area contributed by atoms with E-state index >= 15 is 0 Å². The van der Waals surface area contributed by atoms with Gasteiger partial charge in [0.15, 0.2) is 23.0 Å². The standard InChI is InChI=1S/C25H26N2O7/c1-14-10-15(2-5-19(14)28)8-9-26-25(34)18(11-16-3-6-20(29)22(31)12-16)27-24(33)17-4-7-21(30)23(32)13-17/h2-7,10,12-13,18,28-32H,8-9,11H2,1H3,(H,26,34)(H,27,33). The molecule has 0 fully saturated rings. The Morgan fingerprint density at radius 2 is 1.38 bits per heavy atom. The Kier molecular flexibility index (Phi) is 7.47. The summed E-state index contributed by atoms with van der Waals surface area (Å²) in [5.41, 5.74) is 2.18. The van der Waals surface area contributed by atoms with Crippen LogP contribution in [-0.2, 0) is 17.6 Å². The average Bonchev–Trinajstić information content (AvgIpc) is 2.79. The Labute approximate surface area is 195 Å². The molecule has 0 bridgehead atoms. The summed E-state index contributed by atoms with van der Waals surface area (Å²) in [7, 11) is 0. The number of amides is 2. The number of rotatable bonds is 8. The van der Waals surface area contributed by atoms with Crippen molar-refractivity contribution in [1.29, 1.82) is 0 Å². The lowest BCUT2D eigenvalue weighted by Crippen LogP contribution is -2.48. The first-order valence-electron chi connectivity index (χ1n) is 10.5. The largest absolute Gasteiger partial charge is 0.508 e. The van der Waals surface area contributed by atoms with E-state index in [0.29, 0.717) is 12.0 Å². The van der Waals surface area contributed by atoms with Gasteiger partial charge in [-0.25, -0.2) is 0 Å². The number of hydrogen-bond donors (Lipinski definition) is 7. The average molecular weight is 466 g/mol. The van der Waals surface area contributed by atoms with Crippen LogP contribution in [0.25, 0.3) is 0 Å². The molecule has 34 heavy (non-hydrogen) atoms. The maximum Gasteiger partial charge on any atom is 0.252 e. The summed E-state index contributed by atoms with van der Waals surface area (Å²) in [6.45, 7) is 2.05. The quantitative estimate of drug-likeness (QED) is 0.251. The topological polar surface area (TPSA) is 159 Å². The fraction of sp³-hybridized carbons (Fsp3) is 0.200. The molecule has 3 aromatic rings. The van der Waals surface area contributed by atoms with Gasteiger partial charge in [-0.1, -0.05) is 18.2 Å². The summed E-state index contributed by atoms with van der Waals surface area (Å²) in [5.74, 6) is -2.44. The number of phenols is 5. The molecule has 2 amide bonds. The van der Waals surface area contributed by atoms with Gasteiger partial charge in [-0.15, -0.1) is 0 Å². The van der Waals surface area contributed by atoms with Crippen LogP contribution in [0, 0.1) is 6.92 Å². The number of phenolic OH excluding ortho intramolecular Hbond substituents is 5. The summed E-state index contributed by atoms with van der Waals surface area (Å²) in [4.78, 5) is 25.6. The van der Waals surface area contributed by atoms with Crippen molar-refractivity contribution in [2.24, 2.45) is 0 Å². The summed E-state index contributed by atoms with van der Waals surface area (Å²) in [6.07, 6.45) is 0.521. The fourth-order valence-electron chi connectivity index (χ4n) is 3.37. The number of aromatic hydroxyl groups is 5. The summed E-state index contributed by atoms with van der Waals surface area (Å²) in [5, 5.41) is 53.5. The van der Waals surface area contributed by atoms with Crippen molar-refractivity contribution in [3.8, 4) is 28.7 Å². The number of carbonyl (C=O) groups is 2. The number of aryl methyl sites for hydroxylation is 1. The molecular weight excluding hydrogens is 440 g/mol. The molecule has 0 saturated heterocycles. The monoisotopic (exact) mass is 466 g/mol. The van der Waals surface area contributed by atoms with E-state index in [1.54, 1.807) is 19.1 Å². The first-order chi connectivity index (χ1) is 16.1. The second kappa shape index (κ2) is 10.5. The normalized spacial score (nSPS) is 11.6. The smallest absolute Gasteiger partial charge is 0.252 e. The van der Waals surface area contributed by atoms with Gasteiger partial charge in [0, 0.05) is 18.5 Å². The minimum Gasteiger partial charge on any atom is -0.508 e. The van der Waals surface area contributed by atoms with Crippen LogP contribution in [-0.4, -0.2) is 49.9 Å². The third-order valence-corrected chi connectivity index (χ3v) is 5.31. The third kappa shape index (κ3) is 6.10. The van der Waals surface area contributed by atoms with Crippen molar-refractivity contribution in [1.82, 2.24) is 10.6 Å². The number of benzene rings is 3. The molecule has 0 heterocycles. The molecule has 0 saturated carbocycles. The van der Waals surface area contributed by atoms with Gasteiger partial charge in [0.1, 0.15) is 11.8 Å². The van der Waals surface area contributed by atoms with E-state index < -0.39 is 23.6 Å². The van der Waals surface area contributed by atoms with Crippen LogP contribution in [0.1, 0.15) is 27.0 Å². The van der Waals surface area contributed by atoms with Crippen LogP contribution in [0.4, 0.5) is 0 Å². The lowest BCUT2D eigenvalue weighted by molar-refractivity contribution is -0.122. The third-order valence-electron chi connectivity index (χ3n) is 5.31. The van der Waals surface area contributed by atoms with Gasteiger partial charge in [0.25, 0.3) is 5.91 Å². The molecule has 3 rings (SSSR count). The van der Waals surface area contributed by atoms with Gasteiger partial charge in [0.05, 0.1) is 0 Å². The molecular formula is C25H26N2O7. The highest BCUT2D eigenvalue weighted by atomic mass is 16.3. The molecule has 0 aliphatic rings. The van der Waals surface area contributed by atoms with Crippen LogP contribution < -0.4 is 10.6 Å². The second-order valence-corrected chi connectivity index (χ2v) is 7.92. The minimum absolute atomic E-state index is 0.0216. The lowest BCUT2D eigenvalue weighted by Gasteiger charge is -2.19. The van der Waals surface area contributed by atoms with E-state index in [0.717, 1.165) is 23.3 Å². The zero-order valence-electron chi connectivity index (χ0n) is 18.4. The number of nitrogens with one attached hydrogen (secondary N) is 2. The Hall–Kier alpha value is -4.40. The van der Waals surface area contributed by atoms with Gasteiger partial charge in [-0.05, 0) is 66.4 Å². The molecule has 0 aliphatic heterocycles. The highest BCUT2D eigenvalue weighted by Gasteiger charge is 2.23. The number of carbonyl (C=O) groups excluding carboxylic acids is 2. The van der Waals surface area contributed by atoms with E-state index in [-0.39, 0.29) is 41.5 Å². The fourth-order valence-corrected chi connectivity index (χ4v) is 3.37. The Balaban J connectivity index is 1.73. The first-order valence-corrected chi connectivity index (χ1v) is 10.5. The zero-order chi connectivity index (χ0) is 24.8. The van der Waals surface area contributed by atoms with Crippen molar-refractivity contribution in [2.45, 2.75) is 25.8 Å². The molecule has 1 unspecified atom stereocenters. The van der Waals surface area contributed by atoms with Crippen LogP contribution in [0.5, 0.6) is 28.7 Å². The van der Waals surface area contributed by atoms with E-state index in [9.17, 15) is 35.1 Å². The van der Waals surface area contributed by atoms with Crippen molar-refractivity contribution >= 4 is 11.8 Å². The molecule has 9 heteroatoms. The molecule has 0 aliphatic carbocycles. The molecule has 9 nitrogen and oxygen atoms in total. The van der Waals surface area contributed by atoms with Crippen molar-refractivity contribution in [3.63, 3.8) is 0 Å². The van der Waals surface area contributed by atoms with Crippen molar-refractivity contribution in [2.75, 3.05) is 6.54 Å². The predicted octanol–water partition coefficient (Wildman–Crippen LogP) is 2.22. The van der Waals surface area contributed by atoms with E-state index in [4.69, 9.17) is 0 Å². The SMILES string of the molecule is Cc1cc(CCNC(=O)C(Cc2ccc(O)c(O)c2)NC(=O)c2ccc(O)c(O)c2)ccc1O. The van der Waals surface area contributed by atoms with E-state index in [2.05, 4.69) is 10.6 Å². The summed E-state index contributed by atoms with van der Waals surface area (Å²) < 4.78 is 0. The highest BCUT2D eigenvalue weighted by molar-refractivity contribution is 5.98. The Bertz CT molecular complexity index is 1210. The van der Waals surface area contributed by atoms with Crippen molar-refractivity contribution < 1.29 is 35.1 Å². The van der Waals surface area contributed by atoms with Gasteiger partial charge in [-0.3, -0.25) is 9.59 Å². The second-order valence-electron chi connectivity index (χ2n) is 7.92. The van der Waals surface area contributed by atoms with Crippen LogP contribution >= 0.6 is 0 Å². The molecule has 0 radical (unpaired) electrons. The van der Waals surface area contributed by atoms with Crippen LogP contribution in [0.3, 0.4) is 0 Å². The van der Waals surface area contributed by atoms with Gasteiger partial charge >= 0.3 is 0 Å². The molecule has 178 valence electrons. The van der Waals surface area contributed by atoms with Crippen molar-refractivity contribution in [3.05, 3.63) is 76.9 Å². The molecule has 1 atom stereocenters. The lowest BCUT2D eigenvalue weighted by atomic mass is 10.0. The maximum absolute atomic E-state index is 12.9. The Morgan fingerprint density at radius 3 is 2.03 bits per heavy atom. The van der Waals surface area contributed by atoms with Gasteiger partial charge < -0.3 is 36.2 Å². The van der Waals surface area contributed by atoms with E-state index in [1.165, 1.54) is 24.3 Å². The van der Waals surface area contributed by atoms with E-state index in [1.807, 2.05) is 6.07 Å². The zero-order valence-corrected chi connectivity index (χ0v) is 18.4. The Morgan fingerprint density at radius 1 is 0.765 bits per heavy atom. The maximum atomic E-state index is 12.9. The summed E-state index contributed by atoms with van der Waals surface area (Å²) in [6, 6.07) is 11.8. The highest BCUT2D eigenvalue weighted by Crippen LogP contribution is 2.26. The minimum atomic E-state index is -1.03. The van der Waals surface area contributed by atoms with Crippen LogP contribution in [0.15, 0.2) is 54.6 Å². The predicted molar refractivity (Wildman–Crippen MR) is 124 cm³/mol. The van der Waals surface area contributed by atoms with Crippen LogP contribution in [0.2, 0.25) is 0 Å². The molecule has 0 aromatic heterocycles. The van der Waals surface area contributed by atoms with Gasteiger partial charge in [-0.2, -0.15) is 0 Å². The van der Waals surface area contributed by atoms with Gasteiger partial charge in [0.2, 0.25) is 5.91 Å². The first kappa shape index (κ1) is 24.2. The number of hydrogen-bond acceptors (Lipinski definition) is 7. The molecule has 7 N–H and O–H groups in total. The summed E-state index contributed by atoms with van der Waals surface area (Å²) >= 11 is 0.